The molecule has 1 aromatic heterocycles. The summed E-state index contributed by atoms with van der Waals surface area (Å²) in [6.45, 7) is 2.04. The number of rotatable bonds is 4. The minimum atomic E-state index is -0.400. The van der Waals surface area contributed by atoms with Crippen LogP contribution in [0.25, 0.3) is 0 Å². The lowest BCUT2D eigenvalue weighted by Gasteiger charge is -2.11. The Bertz CT molecular complexity index is 560. The van der Waals surface area contributed by atoms with Crippen LogP contribution in [-0.4, -0.2) is 12.0 Å². The highest BCUT2D eigenvalue weighted by atomic mass is 35.5. The van der Waals surface area contributed by atoms with E-state index in [0.29, 0.717) is 11.6 Å². The highest BCUT2D eigenvalue weighted by Gasteiger charge is 2.07. The molecule has 0 aliphatic rings. The van der Waals surface area contributed by atoms with Gasteiger partial charge in [-0.05, 0) is 37.7 Å². The zero-order valence-electron chi connectivity index (χ0n) is 10.7. The molecule has 1 atom stereocenters. The summed E-state index contributed by atoms with van der Waals surface area (Å²) in [5, 5.41) is 3.34. The van der Waals surface area contributed by atoms with E-state index >= 15 is 0 Å². The minimum Gasteiger partial charge on any atom is -0.437 e. The second-order valence-electron chi connectivity index (χ2n) is 4.12. The lowest BCUT2D eigenvalue weighted by Crippen LogP contribution is -2.12. The number of pyridine rings is 1. The zero-order valence-corrected chi connectivity index (χ0v) is 11.4. The third-order valence-electron chi connectivity index (χ3n) is 2.80. The van der Waals surface area contributed by atoms with Crippen molar-refractivity contribution in [3.8, 4) is 11.6 Å². The molecule has 0 radical (unpaired) electrons. The fraction of sp³-hybridized carbons (Fsp3) is 0.214. The molecule has 0 saturated carbocycles. The summed E-state index contributed by atoms with van der Waals surface area (Å²) in [5.41, 5.74) is 1.06. The van der Waals surface area contributed by atoms with Gasteiger partial charge >= 0.3 is 0 Å². The number of aromatic nitrogens is 1. The van der Waals surface area contributed by atoms with Gasteiger partial charge in [-0.3, -0.25) is 0 Å². The molecule has 1 heterocycles. The van der Waals surface area contributed by atoms with Gasteiger partial charge in [-0.2, -0.15) is 0 Å². The Morgan fingerprint density at radius 3 is 2.68 bits per heavy atom. The van der Waals surface area contributed by atoms with Gasteiger partial charge in [0.05, 0.1) is 5.02 Å². The number of halogens is 2. The van der Waals surface area contributed by atoms with Crippen LogP contribution < -0.4 is 10.1 Å². The van der Waals surface area contributed by atoms with Crippen molar-refractivity contribution < 1.29 is 9.13 Å². The zero-order chi connectivity index (χ0) is 13.8. The quantitative estimate of drug-likeness (QED) is 0.921. The van der Waals surface area contributed by atoms with Crippen molar-refractivity contribution in [2.24, 2.45) is 0 Å². The Morgan fingerprint density at radius 2 is 2.11 bits per heavy atom. The minimum absolute atomic E-state index is 0.217. The SMILES string of the molecule is CNC(C)c1ccc(Oc2ccc(F)cc2Cl)nc1. The Labute approximate surface area is 116 Å². The van der Waals surface area contributed by atoms with Gasteiger partial charge in [-0.25, -0.2) is 9.37 Å². The van der Waals surface area contributed by atoms with E-state index in [0.717, 1.165) is 5.56 Å². The molecule has 0 spiro atoms. The molecule has 0 aliphatic heterocycles. The lowest BCUT2D eigenvalue weighted by atomic mass is 10.1. The van der Waals surface area contributed by atoms with Crippen molar-refractivity contribution in [3.63, 3.8) is 0 Å². The number of hydrogen-bond donors (Lipinski definition) is 1. The summed E-state index contributed by atoms with van der Waals surface area (Å²) >= 11 is 5.88. The fourth-order valence-corrected chi connectivity index (χ4v) is 1.75. The summed E-state index contributed by atoms with van der Waals surface area (Å²) in [4.78, 5) is 4.19. The maximum absolute atomic E-state index is 12.9. The van der Waals surface area contributed by atoms with E-state index in [1.54, 1.807) is 12.3 Å². The predicted octanol–water partition coefficient (Wildman–Crippen LogP) is 3.95. The van der Waals surface area contributed by atoms with Gasteiger partial charge in [-0.15, -0.1) is 0 Å². The first-order valence-corrected chi connectivity index (χ1v) is 6.24. The van der Waals surface area contributed by atoms with E-state index in [-0.39, 0.29) is 11.1 Å². The van der Waals surface area contributed by atoms with Crippen molar-refractivity contribution in [2.75, 3.05) is 7.05 Å². The molecule has 19 heavy (non-hydrogen) atoms. The molecule has 0 saturated heterocycles. The van der Waals surface area contributed by atoms with Crippen LogP contribution in [0.2, 0.25) is 5.02 Å². The van der Waals surface area contributed by atoms with E-state index < -0.39 is 5.82 Å². The van der Waals surface area contributed by atoms with Crippen molar-refractivity contribution in [2.45, 2.75) is 13.0 Å². The molecule has 100 valence electrons. The molecule has 1 aromatic carbocycles. The molecule has 3 nitrogen and oxygen atoms in total. The van der Waals surface area contributed by atoms with Gasteiger partial charge in [0.25, 0.3) is 0 Å². The average molecular weight is 281 g/mol. The molecule has 0 bridgehead atoms. The first-order valence-electron chi connectivity index (χ1n) is 5.86. The van der Waals surface area contributed by atoms with Gasteiger partial charge in [0.15, 0.2) is 0 Å². The second-order valence-corrected chi connectivity index (χ2v) is 4.52. The van der Waals surface area contributed by atoms with Crippen molar-refractivity contribution in [3.05, 3.63) is 52.9 Å². The van der Waals surface area contributed by atoms with E-state index in [1.807, 2.05) is 20.0 Å². The van der Waals surface area contributed by atoms with E-state index in [1.165, 1.54) is 18.2 Å². The molecule has 1 N–H and O–H groups in total. The van der Waals surface area contributed by atoms with E-state index in [9.17, 15) is 4.39 Å². The van der Waals surface area contributed by atoms with Crippen LogP contribution in [0.15, 0.2) is 36.5 Å². The van der Waals surface area contributed by atoms with Crippen LogP contribution >= 0.6 is 11.6 Å². The second kappa shape index (κ2) is 5.99. The third kappa shape index (κ3) is 3.43. The van der Waals surface area contributed by atoms with E-state index in [4.69, 9.17) is 16.3 Å². The summed E-state index contributed by atoms with van der Waals surface area (Å²) in [6, 6.07) is 7.86. The van der Waals surface area contributed by atoms with Crippen molar-refractivity contribution >= 4 is 11.6 Å². The topological polar surface area (TPSA) is 34.1 Å². The number of hydrogen-bond acceptors (Lipinski definition) is 3. The maximum Gasteiger partial charge on any atom is 0.219 e. The van der Waals surface area contributed by atoms with Crippen LogP contribution in [0.5, 0.6) is 11.6 Å². The number of nitrogens with zero attached hydrogens (tertiary/aromatic N) is 1. The lowest BCUT2D eigenvalue weighted by molar-refractivity contribution is 0.460. The average Bonchev–Trinajstić information content (AvgIpc) is 2.42. The molecule has 0 amide bonds. The van der Waals surface area contributed by atoms with Gasteiger partial charge in [0, 0.05) is 18.3 Å². The standard InChI is InChI=1S/C14H14ClFN2O/c1-9(17-2)10-3-6-14(18-8-10)19-13-5-4-11(16)7-12(13)15/h3-9,17H,1-2H3. The first kappa shape index (κ1) is 13.8. The summed E-state index contributed by atoms with van der Waals surface area (Å²) in [6.07, 6.45) is 1.73. The van der Waals surface area contributed by atoms with Crippen LogP contribution in [0.1, 0.15) is 18.5 Å². The Morgan fingerprint density at radius 1 is 1.32 bits per heavy atom. The molecule has 2 rings (SSSR count). The maximum atomic E-state index is 12.9. The van der Waals surface area contributed by atoms with E-state index in [2.05, 4.69) is 10.3 Å². The monoisotopic (exact) mass is 280 g/mol. The highest BCUT2D eigenvalue weighted by Crippen LogP contribution is 2.29. The smallest absolute Gasteiger partial charge is 0.219 e. The fourth-order valence-electron chi connectivity index (χ4n) is 1.55. The number of benzene rings is 1. The largest absolute Gasteiger partial charge is 0.437 e. The van der Waals surface area contributed by atoms with Gasteiger partial charge in [0.1, 0.15) is 11.6 Å². The predicted molar refractivity (Wildman–Crippen MR) is 73.2 cm³/mol. The molecular weight excluding hydrogens is 267 g/mol. The van der Waals surface area contributed by atoms with Crippen LogP contribution in [-0.2, 0) is 0 Å². The van der Waals surface area contributed by atoms with Crippen LogP contribution in [0.4, 0.5) is 4.39 Å². The van der Waals surface area contributed by atoms with Gasteiger partial charge in [-0.1, -0.05) is 17.7 Å². The van der Waals surface area contributed by atoms with Crippen molar-refractivity contribution in [1.29, 1.82) is 0 Å². The molecule has 0 fully saturated rings. The Hall–Kier alpha value is -1.65. The molecule has 1 unspecified atom stereocenters. The number of ether oxygens (including phenoxy) is 1. The number of nitrogens with one attached hydrogen (secondary N) is 1. The van der Waals surface area contributed by atoms with Crippen LogP contribution in [0.3, 0.4) is 0 Å². The summed E-state index contributed by atoms with van der Waals surface area (Å²) in [5.74, 6) is 0.397. The van der Waals surface area contributed by atoms with Gasteiger partial charge in [0.2, 0.25) is 5.88 Å². The molecule has 0 aliphatic carbocycles. The Kier molecular flexibility index (Phi) is 4.35. The van der Waals surface area contributed by atoms with Gasteiger partial charge < -0.3 is 10.1 Å². The highest BCUT2D eigenvalue weighted by molar-refractivity contribution is 6.32. The van der Waals surface area contributed by atoms with Crippen LogP contribution in [0, 0.1) is 5.82 Å². The molecule has 5 heteroatoms. The normalized spacial score (nSPS) is 12.2. The summed E-state index contributed by atoms with van der Waals surface area (Å²) < 4.78 is 18.4. The summed E-state index contributed by atoms with van der Waals surface area (Å²) in [7, 11) is 1.88. The molecule has 2 aromatic rings. The Balaban J connectivity index is 2.15. The third-order valence-corrected chi connectivity index (χ3v) is 3.10. The first-order chi connectivity index (χ1) is 9.10. The van der Waals surface area contributed by atoms with Crippen molar-refractivity contribution in [1.82, 2.24) is 10.3 Å². The molecular formula is C14H14ClFN2O.